The molecule has 4 aliphatic carbocycles. The molecule has 3 saturated carbocycles. The van der Waals surface area contributed by atoms with Gasteiger partial charge >= 0.3 is 5.97 Å². The van der Waals surface area contributed by atoms with Crippen molar-refractivity contribution in [3.8, 4) is 0 Å². The molecule has 0 spiro atoms. The molecule has 2 heterocycles. The molecule has 0 aromatic heterocycles. The molecule has 0 aromatic carbocycles. The normalized spacial score (nSPS) is 51.5. The van der Waals surface area contributed by atoms with Crippen molar-refractivity contribution in [1.82, 2.24) is 0 Å². The Balaban J connectivity index is 1.14. The molecule has 0 bridgehead atoms. The molecule has 37 heavy (non-hydrogen) atoms. The summed E-state index contributed by atoms with van der Waals surface area (Å²) in [5, 5.41) is 21.6. The summed E-state index contributed by atoms with van der Waals surface area (Å²) in [7, 11) is 1.64. The van der Waals surface area contributed by atoms with Gasteiger partial charge in [-0.05, 0) is 86.0 Å². The van der Waals surface area contributed by atoms with E-state index in [9.17, 15) is 15.0 Å². The van der Waals surface area contributed by atoms with E-state index in [1.54, 1.807) is 13.2 Å². The molecule has 6 aliphatic rings. The number of aliphatic hydroxyl groups is 2. The van der Waals surface area contributed by atoms with E-state index in [4.69, 9.17) is 18.9 Å². The Labute approximate surface area is 220 Å². The van der Waals surface area contributed by atoms with Crippen LogP contribution in [0.2, 0.25) is 0 Å². The molecule has 2 N–H and O–H groups in total. The minimum absolute atomic E-state index is 0.0959. The van der Waals surface area contributed by atoms with Crippen molar-refractivity contribution in [3.63, 3.8) is 0 Å². The summed E-state index contributed by atoms with van der Waals surface area (Å²) >= 11 is 0. The van der Waals surface area contributed by atoms with Crippen molar-refractivity contribution in [1.29, 1.82) is 0 Å². The van der Waals surface area contributed by atoms with Crippen molar-refractivity contribution in [3.05, 3.63) is 23.3 Å². The van der Waals surface area contributed by atoms with Crippen LogP contribution in [-0.2, 0) is 23.7 Å². The first kappa shape index (κ1) is 26.0. The third-order valence-electron chi connectivity index (χ3n) is 11.5. The summed E-state index contributed by atoms with van der Waals surface area (Å²) in [6, 6.07) is 0. The van der Waals surface area contributed by atoms with Gasteiger partial charge in [0.1, 0.15) is 12.7 Å². The van der Waals surface area contributed by atoms with Crippen molar-refractivity contribution in [2.45, 2.75) is 109 Å². The Bertz CT molecular complexity index is 975. The zero-order valence-electron chi connectivity index (χ0n) is 22.7. The van der Waals surface area contributed by atoms with Crippen molar-refractivity contribution in [2.24, 2.45) is 34.5 Å². The number of fused-ring (bicyclic) bond motifs is 5. The Hall–Kier alpha value is -1.25. The van der Waals surface area contributed by atoms with Gasteiger partial charge in [0.05, 0.1) is 24.4 Å². The first-order chi connectivity index (χ1) is 17.6. The summed E-state index contributed by atoms with van der Waals surface area (Å²) in [5.41, 5.74) is 2.28. The lowest BCUT2D eigenvalue weighted by Gasteiger charge is -2.61. The van der Waals surface area contributed by atoms with Crippen LogP contribution < -0.4 is 0 Å². The third-order valence-corrected chi connectivity index (χ3v) is 11.5. The van der Waals surface area contributed by atoms with Gasteiger partial charge in [-0.2, -0.15) is 0 Å². The molecule has 7 nitrogen and oxygen atoms in total. The molecule has 12 atom stereocenters. The van der Waals surface area contributed by atoms with Crippen LogP contribution >= 0.6 is 0 Å². The molecule has 0 radical (unpaired) electrons. The highest BCUT2D eigenvalue weighted by molar-refractivity contribution is 5.86. The van der Waals surface area contributed by atoms with E-state index in [0.717, 1.165) is 49.7 Å². The summed E-state index contributed by atoms with van der Waals surface area (Å²) in [5.74, 6) is 1.64. The van der Waals surface area contributed by atoms with Crippen LogP contribution in [0.25, 0.3) is 0 Å². The average molecular weight is 517 g/mol. The topological polar surface area (TPSA) is 94.5 Å². The van der Waals surface area contributed by atoms with Crippen molar-refractivity contribution in [2.75, 3.05) is 13.7 Å². The molecule has 0 unspecified atom stereocenters. The molecular weight excluding hydrogens is 472 g/mol. The highest BCUT2D eigenvalue weighted by Gasteiger charge is 2.61. The van der Waals surface area contributed by atoms with E-state index in [-0.39, 0.29) is 47.3 Å². The molecule has 1 saturated heterocycles. The van der Waals surface area contributed by atoms with E-state index >= 15 is 0 Å². The van der Waals surface area contributed by atoms with Crippen LogP contribution in [0.4, 0.5) is 0 Å². The predicted octanol–water partition coefficient (Wildman–Crippen LogP) is 3.92. The summed E-state index contributed by atoms with van der Waals surface area (Å²) in [6.45, 7) is 7.04. The SMILES string of the molecule is CO[C@H]1C[C@H](O[C@H]2CC[C@@]3(C)[C@H](CC[C@H]4[C@H]5[C@H](O)C=C(C6=CC(=O)OC6)[C@@]5(C)CC[C@@H]43)C2)O[C@@H](C)[C@@H]1O. The van der Waals surface area contributed by atoms with Gasteiger partial charge < -0.3 is 29.2 Å². The number of hydrogen-bond acceptors (Lipinski definition) is 7. The van der Waals surface area contributed by atoms with Crippen molar-refractivity contribution >= 4 is 5.97 Å². The number of aliphatic hydroxyl groups excluding tert-OH is 2. The molecule has 7 heteroatoms. The quantitative estimate of drug-likeness (QED) is 0.432. The lowest BCUT2D eigenvalue weighted by molar-refractivity contribution is -0.271. The number of hydrogen-bond donors (Lipinski definition) is 2. The first-order valence-electron chi connectivity index (χ1n) is 14.4. The standard InChI is InChI=1S/C30H44O7/c1-16-28(33)24(34-4)14-26(36-16)37-19-7-9-29(2)18(12-19)5-6-20-21(29)8-10-30(3)22(13-23(31)27(20)30)17-11-25(32)35-15-17/h11,13,16,18-21,23-24,26-28,31,33H,5-10,12,14-15H2,1-4H3/t16-,18+,19-,20+,21-,23+,24-,26-,27-,28-,29-,30+/m0/s1. The minimum atomic E-state index is -0.620. The zero-order valence-corrected chi connectivity index (χ0v) is 22.7. The fourth-order valence-corrected chi connectivity index (χ4v) is 9.55. The lowest BCUT2D eigenvalue weighted by Crippen LogP contribution is -2.56. The second-order valence-electron chi connectivity index (χ2n) is 13.2. The van der Waals surface area contributed by atoms with Gasteiger partial charge in [0.15, 0.2) is 6.29 Å². The van der Waals surface area contributed by atoms with E-state index in [2.05, 4.69) is 13.8 Å². The van der Waals surface area contributed by atoms with Crippen LogP contribution in [0.5, 0.6) is 0 Å². The Morgan fingerprint density at radius 3 is 2.62 bits per heavy atom. The second kappa shape index (κ2) is 9.44. The van der Waals surface area contributed by atoms with Gasteiger partial charge in [0, 0.05) is 31.1 Å². The van der Waals surface area contributed by atoms with Crippen LogP contribution in [0.1, 0.15) is 72.1 Å². The smallest absolute Gasteiger partial charge is 0.331 e. The van der Waals surface area contributed by atoms with Crippen LogP contribution in [0, 0.1) is 34.5 Å². The Morgan fingerprint density at radius 1 is 1.08 bits per heavy atom. The van der Waals surface area contributed by atoms with E-state index < -0.39 is 12.2 Å². The van der Waals surface area contributed by atoms with E-state index in [1.807, 2.05) is 13.0 Å². The molecular formula is C30H44O7. The largest absolute Gasteiger partial charge is 0.458 e. The predicted molar refractivity (Wildman–Crippen MR) is 136 cm³/mol. The summed E-state index contributed by atoms with van der Waals surface area (Å²) in [6.07, 6.45) is 10.2. The average Bonchev–Trinajstić information content (AvgIpc) is 3.41. The van der Waals surface area contributed by atoms with Gasteiger partial charge in [-0.25, -0.2) is 4.79 Å². The molecule has 2 aliphatic heterocycles. The Morgan fingerprint density at radius 2 is 1.89 bits per heavy atom. The lowest BCUT2D eigenvalue weighted by atomic mass is 9.44. The van der Waals surface area contributed by atoms with Gasteiger partial charge in [0.2, 0.25) is 0 Å². The number of ether oxygens (including phenoxy) is 4. The fraction of sp³-hybridized carbons (Fsp3) is 0.833. The number of cyclic esters (lactones) is 1. The van der Waals surface area contributed by atoms with Crippen LogP contribution in [0.15, 0.2) is 23.3 Å². The zero-order chi connectivity index (χ0) is 26.1. The third kappa shape index (κ3) is 4.15. The van der Waals surface area contributed by atoms with Gasteiger partial charge in [-0.3, -0.25) is 0 Å². The molecule has 0 aromatic rings. The van der Waals surface area contributed by atoms with Gasteiger partial charge in [0.25, 0.3) is 0 Å². The van der Waals surface area contributed by atoms with Crippen LogP contribution in [0.3, 0.4) is 0 Å². The fourth-order valence-electron chi connectivity index (χ4n) is 9.55. The van der Waals surface area contributed by atoms with Gasteiger partial charge in [-0.1, -0.05) is 19.9 Å². The maximum Gasteiger partial charge on any atom is 0.331 e. The number of carbonyl (C=O) groups is 1. The molecule has 6 rings (SSSR count). The molecule has 206 valence electrons. The van der Waals surface area contributed by atoms with Crippen LogP contribution in [-0.4, -0.2) is 66.7 Å². The Kier molecular flexibility index (Phi) is 6.63. The molecule has 4 fully saturated rings. The van der Waals surface area contributed by atoms with Crippen molar-refractivity contribution < 1.29 is 34.0 Å². The van der Waals surface area contributed by atoms with Gasteiger partial charge in [-0.15, -0.1) is 0 Å². The van der Waals surface area contributed by atoms with E-state index in [1.165, 1.54) is 6.42 Å². The summed E-state index contributed by atoms with van der Waals surface area (Å²) in [4.78, 5) is 11.8. The van der Waals surface area contributed by atoms with E-state index in [0.29, 0.717) is 30.8 Å². The second-order valence-corrected chi connectivity index (χ2v) is 13.2. The monoisotopic (exact) mass is 516 g/mol. The highest BCUT2D eigenvalue weighted by atomic mass is 16.7. The number of esters is 1. The molecule has 0 amide bonds. The maximum absolute atomic E-state index is 11.8. The maximum atomic E-state index is 11.8. The number of rotatable bonds is 4. The minimum Gasteiger partial charge on any atom is -0.458 e. The first-order valence-corrected chi connectivity index (χ1v) is 14.4. The summed E-state index contributed by atoms with van der Waals surface area (Å²) < 4.78 is 23.2. The highest BCUT2D eigenvalue weighted by Crippen LogP contribution is 2.67. The number of methoxy groups -OCH3 is 1. The number of carbonyl (C=O) groups excluding carboxylic acids is 1.